The number of anilines is 1. The lowest BCUT2D eigenvalue weighted by Crippen LogP contribution is -2.08. The van der Waals surface area contributed by atoms with Gasteiger partial charge in [0, 0.05) is 16.8 Å². The third-order valence-electron chi connectivity index (χ3n) is 4.01. The van der Waals surface area contributed by atoms with Gasteiger partial charge in [-0.3, -0.25) is 4.98 Å². The summed E-state index contributed by atoms with van der Waals surface area (Å²) in [5.41, 5.74) is 2.21. The fraction of sp³-hybridized carbons (Fsp3) is 0.167. The predicted octanol–water partition coefficient (Wildman–Crippen LogP) is 3.38. The van der Waals surface area contributed by atoms with E-state index in [-0.39, 0.29) is 6.54 Å². The van der Waals surface area contributed by atoms with Gasteiger partial charge in [-0.15, -0.1) is 5.10 Å². The van der Waals surface area contributed by atoms with Crippen molar-refractivity contribution in [2.75, 3.05) is 5.32 Å². The summed E-state index contributed by atoms with van der Waals surface area (Å²) in [6.07, 6.45) is 1.73. The van der Waals surface area contributed by atoms with Gasteiger partial charge in [0.2, 0.25) is 0 Å². The van der Waals surface area contributed by atoms with Gasteiger partial charge in [0.15, 0.2) is 17.0 Å². The lowest BCUT2D eigenvalue weighted by Gasteiger charge is -2.08. The number of nitrogens with zero attached hydrogens (tertiary/aromatic N) is 6. The van der Waals surface area contributed by atoms with E-state index in [4.69, 9.17) is 11.6 Å². The van der Waals surface area contributed by atoms with Crippen LogP contribution in [-0.2, 0) is 13.1 Å². The number of halogens is 2. The van der Waals surface area contributed by atoms with Crippen molar-refractivity contribution in [1.29, 1.82) is 0 Å². The maximum atomic E-state index is 14.1. The van der Waals surface area contributed by atoms with E-state index in [2.05, 4.69) is 30.6 Å². The third kappa shape index (κ3) is 3.56. The summed E-state index contributed by atoms with van der Waals surface area (Å²) in [7, 11) is 0. The Morgan fingerprint density at radius 3 is 2.81 bits per heavy atom. The Hall–Kier alpha value is -3.13. The first-order chi connectivity index (χ1) is 13.1. The third-order valence-corrected chi connectivity index (χ3v) is 4.36. The number of nitrogens with one attached hydrogen (secondary N) is 1. The van der Waals surface area contributed by atoms with Crippen molar-refractivity contribution in [3.8, 4) is 0 Å². The molecule has 1 aromatic carbocycles. The number of aryl methyl sites for hydroxylation is 1. The van der Waals surface area contributed by atoms with Crippen LogP contribution in [0.4, 0.5) is 10.2 Å². The Morgan fingerprint density at radius 1 is 1.15 bits per heavy atom. The Kier molecular flexibility index (Phi) is 4.64. The van der Waals surface area contributed by atoms with Gasteiger partial charge < -0.3 is 5.32 Å². The molecule has 27 heavy (non-hydrogen) atoms. The molecular weight excluding hydrogens is 369 g/mol. The van der Waals surface area contributed by atoms with Gasteiger partial charge in [0.1, 0.15) is 11.6 Å². The van der Waals surface area contributed by atoms with Crippen LogP contribution >= 0.6 is 11.6 Å². The fourth-order valence-electron chi connectivity index (χ4n) is 2.70. The highest BCUT2D eigenvalue weighted by Gasteiger charge is 2.16. The molecule has 0 radical (unpaired) electrons. The second-order valence-corrected chi connectivity index (χ2v) is 6.32. The number of benzene rings is 1. The van der Waals surface area contributed by atoms with Crippen LogP contribution < -0.4 is 5.32 Å². The van der Waals surface area contributed by atoms with Gasteiger partial charge in [0.05, 0.1) is 18.8 Å². The molecule has 3 heterocycles. The minimum absolute atomic E-state index is 0.123. The van der Waals surface area contributed by atoms with Crippen LogP contribution in [0.1, 0.15) is 17.1 Å². The second kappa shape index (κ2) is 7.24. The van der Waals surface area contributed by atoms with E-state index in [1.54, 1.807) is 25.3 Å². The van der Waals surface area contributed by atoms with E-state index < -0.39 is 5.82 Å². The lowest BCUT2D eigenvalue weighted by molar-refractivity contribution is 0.582. The Morgan fingerprint density at radius 2 is 2.04 bits per heavy atom. The molecule has 0 unspecified atom stereocenters. The van der Waals surface area contributed by atoms with E-state index in [0.29, 0.717) is 39.9 Å². The molecule has 9 heteroatoms. The van der Waals surface area contributed by atoms with E-state index in [1.165, 1.54) is 10.7 Å². The summed E-state index contributed by atoms with van der Waals surface area (Å²) >= 11 is 6.12. The summed E-state index contributed by atoms with van der Waals surface area (Å²) in [4.78, 5) is 13.1. The molecule has 0 saturated heterocycles. The van der Waals surface area contributed by atoms with E-state index in [9.17, 15) is 4.39 Å². The Labute approximate surface area is 159 Å². The fourth-order valence-corrected chi connectivity index (χ4v) is 2.93. The van der Waals surface area contributed by atoms with Gasteiger partial charge in [-0.1, -0.05) is 28.9 Å². The first-order valence-electron chi connectivity index (χ1n) is 8.26. The second-order valence-electron chi connectivity index (χ2n) is 5.91. The monoisotopic (exact) mass is 383 g/mol. The van der Waals surface area contributed by atoms with Crippen molar-refractivity contribution >= 4 is 28.6 Å². The maximum Gasteiger partial charge on any atom is 0.184 e. The zero-order valence-electron chi connectivity index (χ0n) is 14.4. The van der Waals surface area contributed by atoms with E-state index >= 15 is 0 Å². The highest BCUT2D eigenvalue weighted by molar-refractivity contribution is 6.31. The molecule has 4 rings (SSSR count). The van der Waals surface area contributed by atoms with Gasteiger partial charge in [-0.05, 0) is 31.2 Å². The highest BCUT2D eigenvalue weighted by atomic mass is 35.5. The molecule has 0 saturated carbocycles. The largest absolute Gasteiger partial charge is 0.362 e. The van der Waals surface area contributed by atoms with E-state index in [0.717, 1.165) is 5.69 Å². The molecule has 0 aliphatic heterocycles. The van der Waals surface area contributed by atoms with Gasteiger partial charge in [-0.2, -0.15) is 0 Å². The number of hydrogen-bond donors (Lipinski definition) is 1. The van der Waals surface area contributed by atoms with Crippen LogP contribution in [0.2, 0.25) is 5.02 Å². The van der Waals surface area contributed by atoms with Crippen molar-refractivity contribution in [2.24, 2.45) is 0 Å². The van der Waals surface area contributed by atoms with Crippen molar-refractivity contribution in [3.05, 3.63) is 70.5 Å². The molecule has 1 N–H and O–H groups in total. The summed E-state index contributed by atoms with van der Waals surface area (Å²) in [5.74, 6) is 0.702. The molecule has 136 valence electrons. The summed E-state index contributed by atoms with van der Waals surface area (Å²) in [6, 6.07) is 10.2. The van der Waals surface area contributed by atoms with Crippen molar-refractivity contribution in [2.45, 2.75) is 20.0 Å². The number of fused-ring (bicyclic) bond motifs is 1. The Balaban J connectivity index is 1.67. The molecule has 7 nitrogen and oxygen atoms in total. The summed E-state index contributed by atoms with van der Waals surface area (Å²) < 4.78 is 15.6. The average molecular weight is 384 g/mol. The molecule has 4 aromatic rings. The van der Waals surface area contributed by atoms with Crippen LogP contribution in [0.15, 0.2) is 42.6 Å². The molecule has 0 aliphatic carbocycles. The number of pyridine rings is 1. The first-order valence-corrected chi connectivity index (χ1v) is 8.64. The lowest BCUT2D eigenvalue weighted by atomic mass is 10.2. The number of rotatable bonds is 5. The standard InChI is InChI=1S/C18H15ClFN7/c1-11-23-17(22-9-12-5-2-3-8-21-12)16-18(24-11)27(26-25-16)10-13-14(19)6-4-7-15(13)20/h2-8H,9-10H2,1H3,(H,22,23,24). The molecule has 0 aliphatic rings. The highest BCUT2D eigenvalue weighted by Crippen LogP contribution is 2.23. The SMILES string of the molecule is Cc1nc(NCc2ccccn2)c2nnn(Cc3c(F)cccc3Cl)c2n1. The van der Waals surface area contributed by atoms with Crippen molar-refractivity contribution in [3.63, 3.8) is 0 Å². The Bertz CT molecular complexity index is 1080. The molecule has 0 fully saturated rings. The quantitative estimate of drug-likeness (QED) is 0.569. The van der Waals surface area contributed by atoms with Crippen LogP contribution in [0.5, 0.6) is 0 Å². The number of aromatic nitrogens is 6. The maximum absolute atomic E-state index is 14.1. The topological polar surface area (TPSA) is 81.4 Å². The van der Waals surface area contributed by atoms with E-state index in [1.807, 2.05) is 18.2 Å². The van der Waals surface area contributed by atoms with Crippen LogP contribution in [-0.4, -0.2) is 29.9 Å². The van der Waals surface area contributed by atoms with Gasteiger partial charge >= 0.3 is 0 Å². The van der Waals surface area contributed by atoms with Crippen LogP contribution in [0, 0.1) is 12.7 Å². The molecule has 0 spiro atoms. The predicted molar refractivity (Wildman–Crippen MR) is 99.9 cm³/mol. The summed E-state index contributed by atoms with van der Waals surface area (Å²) in [6.45, 7) is 2.38. The van der Waals surface area contributed by atoms with Crippen LogP contribution in [0.25, 0.3) is 11.2 Å². The molecular formula is C18H15ClFN7. The zero-order chi connectivity index (χ0) is 18.8. The number of hydrogen-bond acceptors (Lipinski definition) is 6. The minimum Gasteiger partial charge on any atom is -0.362 e. The normalized spacial score (nSPS) is 11.1. The zero-order valence-corrected chi connectivity index (χ0v) is 15.2. The molecule has 0 bridgehead atoms. The minimum atomic E-state index is -0.398. The molecule has 0 atom stereocenters. The summed E-state index contributed by atoms with van der Waals surface area (Å²) in [5, 5.41) is 11.8. The first kappa shape index (κ1) is 17.3. The van der Waals surface area contributed by atoms with Gasteiger partial charge in [0.25, 0.3) is 0 Å². The van der Waals surface area contributed by atoms with Crippen LogP contribution in [0.3, 0.4) is 0 Å². The average Bonchev–Trinajstić information content (AvgIpc) is 3.06. The van der Waals surface area contributed by atoms with Gasteiger partial charge in [-0.25, -0.2) is 19.0 Å². The van der Waals surface area contributed by atoms with Crippen molar-refractivity contribution < 1.29 is 4.39 Å². The molecule has 0 amide bonds. The molecule has 3 aromatic heterocycles. The smallest absolute Gasteiger partial charge is 0.184 e. The van der Waals surface area contributed by atoms with Crippen molar-refractivity contribution in [1.82, 2.24) is 29.9 Å².